The maximum atomic E-state index is 13.3. The Kier molecular flexibility index (Phi) is 13.5. The van der Waals surface area contributed by atoms with Crippen LogP contribution in [0.4, 0.5) is 4.79 Å². The highest BCUT2D eigenvalue weighted by Crippen LogP contribution is 2.24. The van der Waals surface area contributed by atoms with E-state index in [-0.39, 0.29) is 19.7 Å². The molecule has 0 aromatic heterocycles. The van der Waals surface area contributed by atoms with Gasteiger partial charge in [0.05, 0.1) is 13.0 Å². The third-order valence-electron chi connectivity index (χ3n) is 6.56. The van der Waals surface area contributed by atoms with Crippen LogP contribution < -0.4 is 5.73 Å². The van der Waals surface area contributed by atoms with Gasteiger partial charge < -0.3 is 25.1 Å². The number of hydrogen-bond acceptors (Lipinski definition) is 7. The van der Waals surface area contributed by atoms with Crippen molar-refractivity contribution in [1.29, 1.82) is 0 Å². The number of likely N-dealkylation sites (N-methyl/N-ethyl adjacent to an activating group) is 1. The largest absolute Gasteiger partial charge is 0.443 e. The summed E-state index contributed by atoms with van der Waals surface area (Å²) in [6, 6.07) is 13.4. The van der Waals surface area contributed by atoms with Crippen LogP contribution in [0, 0.1) is 5.92 Å². The number of unbranched alkanes of at least 4 members (excludes halogenated alkanes) is 1. The third kappa shape index (κ3) is 9.60. The molecule has 2 N–H and O–H groups in total. The molecule has 0 spiro atoms. The van der Waals surface area contributed by atoms with Crippen LogP contribution in [0.3, 0.4) is 0 Å². The average molecular weight is 557 g/mol. The number of hydroxylamine groups is 2. The van der Waals surface area contributed by atoms with E-state index < -0.39 is 36.6 Å². The molecular weight excluding hydrogens is 512 g/mol. The van der Waals surface area contributed by atoms with E-state index in [1.807, 2.05) is 54.4 Å². The molecule has 10 nitrogen and oxygen atoms in total. The number of ether oxygens (including phenoxy) is 1. The monoisotopic (exact) mass is 556 g/mol. The first-order chi connectivity index (χ1) is 19.1. The van der Waals surface area contributed by atoms with Crippen molar-refractivity contribution in [3.05, 3.63) is 48.0 Å². The van der Waals surface area contributed by atoms with E-state index in [9.17, 15) is 19.2 Å². The summed E-state index contributed by atoms with van der Waals surface area (Å²) in [5, 5.41) is 2.91. The van der Waals surface area contributed by atoms with E-state index >= 15 is 0 Å². The number of hydrogen-bond donors (Lipinski definition) is 1. The summed E-state index contributed by atoms with van der Waals surface area (Å²) in [5.74, 6) is -0.887. The van der Waals surface area contributed by atoms with E-state index in [0.29, 0.717) is 18.7 Å². The quantitative estimate of drug-likeness (QED) is 0.391. The minimum atomic E-state index is -1.33. The lowest BCUT2D eigenvalue weighted by Crippen LogP contribution is -2.65. The molecule has 3 rings (SSSR count). The fourth-order valence-corrected chi connectivity index (χ4v) is 4.12. The number of fused-ring (bicyclic) bond motifs is 1. The Hall–Kier alpha value is -3.50. The molecule has 10 heteroatoms. The maximum Gasteiger partial charge on any atom is 0.436 e. The Bertz CT molecular complexity index is 1120. The third-order valence-corrected chi connectivity index (χ3v) is 6.56. The zero-order valence-electron chi connectivity index (χ0n) is 24.4. The number of amides is 3. The number of aldehydes is 1. The van der Waals surface area contributed by atoms with Crippen LogP contribution in [0.25, 0.3) is 10.8 Å². The number of carbonyl (C=O) groups is 4. The van der Waals surface area contributed by atoms with E-state index in [4.69, 9.17) is 15.3 Å². The predicted octanol–water partition coefficient (Wildman–Crippen LogP) is 4.11. The van der Waals surface area contributed by atoms with Gasteiger partial charge in [-0.2, -0.15) is 5.06 Å². The first kappa shape index (κ1) is 32.7. The highest BCUT2D eigenvalue weighted by atomic mass is 16.7. The number of nitrogens with two attached hydrogens (primary N) is 1. The highest BCUT2D eigenvalue weighted by molar-refractivity contribution is 5.89. The van der Waals surface area contributed by atoms with E-state index in [1.54, 1.807) is 0 Å². The van der Waals surface area contributed by atoms with Crippen LogP contribution in [0.5, 0.6) is 0 Å². The summed E-state index contributed by atoms with van der Waals surface area (Å²) in [6.07, 6.45) is 0.598. The number of nitrogens with zero attached hydrogens (tertiary/aromatic N) is 3. The zero-order chi connectivity index (χ0) is 29.7. The molecule has 1 aliphatic rings. The van der Waals surface area contributed by atoms with Crippen LogP contribution in [-0.4, -0.2) is 78.0 Å². The second-order valence-corrected chi connectivity index (χ2v) is 10.4. The summed E-state index contributed by atoms with van der Waals surface area (Å²) in [6.45, 7) is 9.20. The molecule has 1 fully saturated rings. The summed E-state index contributed by atoms with van der Waals surface area (Å²) in [7, 11) is 1.86. The van der Waals surface area contributed by atoms with Crippen LogP contribution >= 0.6 is 0 Å². The molecule has 2 aromatic rings. The Morgan fingerprint density at radius 1 is 1.12 bits per heavy atom. The Morgan fingerprint density at radius 3 is 2.42 bits per heavy atom. The van der Waals surface area contributed by atoms with Crippen molar-refractivity contribution in [3.63, 3.8) is 0 Å². The molecule has 2 atom stereocenters. The van der Waals surface area contributed by atoms with Gasteiger partial charge in [0, 0.05) is 6.54 Å². The van der Waals surface area contributed by atoms with Gasteiger partial charge in [0.2, 0.25) is 5.91 Å². The lowest BCUT2D eigenvalue weighted by atomic mass is 10.1. The lowest BCUT2D eigenvalue weighted by molar-refractivity contribution is -0.255. The minimum Gasteiger partial charge on any atom is -0.443 e. The average Bonchev–Trinajstić information content (AvgIpc) is 2.93. The molecule has 3 amide bonds. The molecule has 0 bridgehead atoms. The second kappa shape index (κ2) is 16.6. The fraction of sp³-hybridized carbons (Fsp3) is 0.533. The number of primary amides is 1. The molecule has 1 heterocycles. The van der Waals surface area contributed by atoms with Crippen LogP contribution in [0.1, 0.15) is 58.9 Å². The molecule has 1 saturated heterocycles. The number of benzene rings is 2. The summed E-state index contributed by atoms with van der Waals surface area (Å²) in [4.78, 5) is 58.2. The number of rotatable bonds is 12. The van der Waals surface area contributed by atoms with Crippen LogP contribution in [0.2, 0.25) is 0 Å². The van der Waals surface area contributed by atoms with Crippen molar-refractivity contribution in [3.8, 4) is 0 Å². The van der Waals surface area contributed by atoms with Crippen molar-refractivity contribution in [2.24, 2.45) is 11.7 Å². The normalized spacial score (nSPS) is 17.1. The van der Waals surface area contributed by atoms with Gasteiger partial charge in [-0.3, -0.25) is 14.4 Å². The van der Waals surface area contributed by atoms with Crippen LogP contribution in [-0.2, 0) is 30.6 Å². The minimum absolute atomic E-state index is 0.0297. The van der Waals surface area contributed by atoms with Gasteiger partial charge in [0.25, 0.3) is 5.91 Å². The van der Waals surface area contributed by atoms with Crippen LogP contribution in [0.15, 0.2) is 42.5 Å². The molecule has 1 aliphatic heterocycles. The van der Waals surface area contributed by atoms with Gasteiger partial charge >= 0.3 is 6.09 Å². The predicted molar refractivity (Wildman–Crippen MR) is 154 cm³/mol. The first-order valence-electron chi connectivity index (χ1n) is 13.9. The fourth-order valence-electron chi connectivity index (χ4n) is 4.12. The second-order valence-electron chi connectivity index (χ2n) is 10.4. The Labute approximate surface area is 237 Å². The maximum absolute atomic E-state index is 13.3. The standard InChI is InChI=1S/C26H34N4O6.C4H10/c1-18(2)11-12-28(3)16-24-29(13-14-31)25(33)22(15-23(27)32)36-30(24)26(34)35-17-20-9-6-8-19-7-4-5-10-21(19)20;1-3-4-2/h4-10,14,18,22,24H,11-13,15-17H2,1-3H3,(H2,27,32);3-4H2,1-2H3. The molecule has 0 saturated carbocycles. The van der Waals surface area contributed by atoms with E-state index in [0.717, 1.165) is 27.8 Å². The highest BCUT2D eigenvalue weighted by Gasteiger charge is 2.45. The van der Waals surface area contributed by atoms with Crippen molar-refractivity contribution in [2.75, 3.05) is 26.7 Å². The van der Waals surface area contributed by atoms with Crippen molar-refractivity contribution < 1.29 is 28.8 Å². The molecule has 2 unspecified atom stereocenters. The summed E-state index contributed by atoms with van der Waals surface area (Å²) < 4.78 is 5.60. The molecule has 0 aliphatic carbocycles. The smallest absolute Gasteiger partial charge is 0.436 e. The topological polar surface area (TPSA) is 122 Å². The molecule has 0 radical (unpaired) electrons. The van der Waals surface area contributed by atoms with E-state index in [1.165, 1.54) is 17.7 Å². The molecule has 40 heavy (non-hydrogen) atoms. The van der Waals surface area contributed by atoms with Gasteiger partial charge in [0.15, 0.2) is 6.10 Å². The van der Waals surface area contributed by atoms with Gasteiger partial charge in [0.1, 0.15) is 19.1 Å². The first-order valence-corrected chi connectivity index (χ1v) is 13.9. The van der Waals surface area contributed by atoms with Crippen molar-refractivity contribution in [2.45, 2.75) is 72.3 Å². The SMILES string of the molecule is CC(C)CCN(C)CC1N(CC=O)C(=O)C(CC(N)=O)ON1C(=O)OCc1cccc2ccccc12.CCCC. The van der Waals surface area contributed by atoms with Crippen molar-refractivity contribution >= 4 is 35.0 Å². The van der Waals surface area contributed by atoms with Crippen molar-refractivity contribution in [1.82, 2.24) is 14.9 Å². The Morgan fingerprint density at radius 2 is 1.80 bits per heavy atom. The van der Waals surface area contributed by atoms with Gasteiger partial charge in [-0.15, -0.1) is 0 Å². The van der Waals surface area contributed by atoms with Gasteiger partial charge in [-0.1, -0.05) is 83.0 Å². The Balaban J connectivity index is 0.00000131. The molecular formula is C30H44N4O6. The summed E-state index contributed by atoms with van der Waals surface area (Å²) >= 11 is 0. The zero-order valence-corrected chi connectivity index (χ0v) is 24.4. The molecule has 2 aromatic carbocycles. The van der Waals surface area contributed by atoms with Gasteiger partial charge in [-0.25, -0.2) is 4.79 Å². The lowest BCUT2D eigenvalue weighted by Gasteiger charge is -2.45. The van der Waals surface area contributed by atoms with E-state index in [2.05, 4.69) is 27.7 Å². The van der Waals surface area contributed by atoms with Gasteiger partial charge in [-0.05, 0) is 42.3 Å². The summed E-state index contributed by atoms with van der Waals surface area (Å²) in [5.41, 5.74) is 6.10. The molecule has 220 valence electrons. The number of carbonyl (C=O) groups excluding carboxylic acids is 4.